The monoisotopic (exact) mass is 462 g/mol. The molecule has 0 saturated heterocycles. The molecule has 1 heterocycles. The molecule has 0 unspecified atom stereocenters. The number of carbonyl (C=O) groups excluding carboxylic acids is 1. The van der Waals surface area contributed by atoms with Crippen LogP contribution in [0.5, 0.6) is 17.2 Å². The highest BCUT2D eigenvalue weighted by molar-refractivity contribution is 7.99. The molecule has 0 spiro atoms. The Morgan fingerprint density at radius 2 is 1.52 bits per heavy atom. The molecule has 0 atom stereocenters. The third kappa shape index (κ3) is 5.27. The lowest BCUT2D eigenvalue weighted by atomic mass is 10.2. The number of rotatable bonds is 8. The molecule has 0 saturated carbocycles. The molecule has 3 aromatic carbocycles. The molecule has 0 radical (unpaired) electrons. The van der Waals surface area contributed by atoms with E-state index in [1.165, 1.54) is 11.8 Å². The maximum Gasteiger partial charge on any atom is 0.234 e. The first kappa shape index (κ1) is 22.2. The first-order chi connectivity index (χ1) is 16.1. The zero-order valence-electron chi connectivity index (χ0n) is 18.1. The summed E-state index contributed by atoms with van der Waals surface area (Å²) < 4.78 is 12.3. The van der Waals surface area contributed by atoms with Gasteiger partial charge in [-0.3, -0.25) is 9.36 Å². The van der Waals surface area contributed by atoms with Crippen molar-refractivity contribution in [2.24, 2.45) is 0 Å². The summed E-state index contributed by atoms with van der Waals surface area (Å²) in [7, 11) is 3.20. The summed E-state index contributed by atoms with van der Waals surface area (Å²) in [5.74, 6) is 2.19. The SMILES string of the molecule is COc1ccc(NC(=O)CSc2nnc(-c3ccc(O)cc3)n2-c2ccc(OC)cc2)cc1. The molecule has 8 nitrogen and oxygen atoms in total. The van der Waals surface area contributed by atoms with Crippen LogP contribution in [0, 0.1) is 0 Å². The van der Waals surface area contributed by atoms with Gasteiger partial charge in [0.25, 0.3) is 0 Å². The number of methoxy groups -OCH3 is 2. The van der Waals surface area contributed by atoms with Gasteiger partial charge < -0.3 is 19.9 Å². The van der Waals surface area contributed by atoms with E-state index in [4.69, 9.17) is 9.47 Å². The van der Waals surface area contributed by atoms with Crippen molar-refractivity contribution in [1.29, 1.82) is 0 Å². The van der Waals surface area contributed by atoms with E-state index in [0.717, 1.165) is 22.7 Å². The predicted octanol–water partition coefficient (Wildman–Crippen LogP) is 4.39. The van der Waals surface area contributed by atoms with E-state index in [1.807, 2.05) is 28.8 Å². The van der Waals surface area contributed by atoms with Crippen molar-refractivity contribution >= 4 is 23.4 Å². The van der Waals surface area contributed by atoms with Crippen molar-refractivity contribution in [2.75, 3.05) is 25.3 Å². The number of aromatic nitrogens is 3. The molecule has 0 aliphatic heterocycles. The van der Waals surface area contributed by atoms with Crippen molar-refractivity contribution in [3.8, 4) is 34.3 Å². The molecule has 0 aliphatic carbocycles. The summed E-state index contributed by atoms with van der Waals surface area (Å²) in [6.45, 7) is 0. The van der Waals surface area contributed by atoms with Crippen molar-refractivity contribution < 1.29 is 19.4 Å². The summed E-state index contributed by atoms with van der Waals surface area (Å²) in [5.41, 5.74) is 2.29. The number of phenolic OH excluding ortho intramolecular Hbond substituents is 1. The van der Waals surface area contributed by atoms with E-state index < -0.39 is 0 Å². The number of phenols is 1. The fourth-order valence-corrected chi connectivity index (χ4v) is 3.88. The fourth-order valence-electron chi connectivity index (χ4n) is 3.13. The van der Waals surface area contributed by atoms with E-state index >= 15 is 0 Å². The number of aromatic hydroxyl groups is 1. The molecule has 1 amide bonds. The Hall–Kier alpha value is -3.98. The van der Waals surface area contributed by atoms with Crippen LogP contribution < -0.4 is 14.8 Å². The Labute approximate surface area is 195 Å². The quantitative estimate of drug-likeness (QED) is 0.375. The van der Waals surface area contributed by atoms with Gasteiger partial charge in [0.05, 0.1) is 20.0 Å². The van der Waals surface area contributed by atoms with E-state index in [1.54, 1.807) is 62.8 Å². The van der Waals surface area contributed by atoms with Crippen molar-refractivity contribution in [3.63, 3.8) is 0 Å². The highest BCUT2D eigenvalue weighted by atomic mass is 32.2. The molecule has 0 fully saturated rings. The van der Waals surface area contributed by atoms with Crippen LogP contribution in [-0.2, 0) is 4.79 Å². The number of nitrogens with zero attached hydrogens (tertiary/aromatic N) is 3. The minimum absolute atomic E-state index is 0.149. The van der Waals surface area contributed by atoms with Gasteiger partial charge in [-0.25, -0.2) is 0 Å². The van der Waals surface area contributed by atoms with Gasteiger partial charge in [0, 0.05) is 16.9 Å². The largest absolute Gasteiger partial charge is 0.508 e. The second-order valence-electron chi connectivity index (χ2n) is 6.95. The van der Waals surface area contributed by atoms with Crippen LogP contribution in [0.25, 0.3) is 17.1 Å². The fraction of sp³-hybridized carbons (Fsp3) is 0.125. The first-order valence-corrected chi connectivity index (χ1v) is 11.0. The number of hydrogen-bond acceptors (Lipinski definition) is 7. The number of hydrogen-bond donors (Lipinski definition) is 2. The smallest absolute Gasteiger partial charge is 0.234 e. The number of anilines is 1. The van der Waals surface area contributed by atoms with Gasteiger partial charge in [-0.1, -0.05) is 11.8 Å². The van der Waals surface area contributed by atoms with Crippen molar-refractivity contribution in [3.05, 3.63) is 72.8 Å². The summed E-state index contributed by atoms with van der Waals surface area (Å²) in [6, 6.07) is 21.3. The number of amides is 1. The van der Waals surface area contributed by atoms with E-state index in [-0.39, 0.29) is 17.4 Å². The Kier molecular flexibility index (Phi) is 6.80. The minimum Gasteiger partial charge on any atom is -0.508 e. The lowest BCUT2D eigenvalue weighted by Gasteiger charge is -2.11. The van der Waals surface area contributed by atoms with Gasteiger partial charge >= 0.3 is 0 Å². The maximum absolute atomic E-state index is 12.5. The van der Waals surface area contributed by atoms with Crippen molar-refractivity contribution in [1.82, 2.24) is 14.8 Å². The first-order valence-electron chi connectivity index (χ1n) is 10.0. The third-order valence-electron chi connectivity index (χ3n) is 4.80. The van der Waals surface area contributed by atoms with Gasteiger partial charge in [0.2, 0.25) is 5.91 Å². The van der Waals surface area contributed by atoms with Crippen molar-refractivity contribution in [2.45, 2.75) is 5.16 Å². The Balaban J connectivity index is 1.57. The lowest BCUT2D eigenvalue weighted by Crippen LogP contribution is -2.14. The normalized spacial score (nSPS) is 10.6. The Morgan fingerprint density at radius 1 is 0.909 bits per heavy atom. The van der Waals surface area contributed by atoms with Crippen LogP contribution in [0.15, 0.2) is 78.0 Å². The average Bonchev–Trinajstić information content (AvgIpc) is 3.27. The highest BCUT2D eigenvalue weighted by Crippen LogP contribution is 2.30. The second kappa shape index (κ2) is 10.1. The molecular formula is C24H22N4O4S. The standard InChI is InChI=1S/C24H22N4O4S/c1-31-20-11-5-17(6-12-20)25-22(30)15-33-24-27-26-23(16-3-9-19(29)10-4-16)28(24)18-7-13-21(32-2)14-8-18/h3-14,29H,15H2,1-2H3,(H,25,30). The number of ether oxygens (including phenoxy) is 2. The van der Waals surface area contributed by atoms with Crippen LogP contribution in [0.3, 0.4) is 0 Å². The van der Waals surface area contributed by atoms with E-state index in [2.05, 4.69) is 15.5 Å². The summed E-state index contributed by atoms with van der Waals surface area (Å²) in [6.07, 6.45) is 0. The molecule has 33 heavy (non-hydrogen) atoms. The molecule has 4 rings (SSSR count). The molecule has 1 aromatic heterocycles. The van der Waals surface area contributed by atoms with Crippen LogP contribution >= 0.6 is 11.8 Å². The molecule has 4 aromatic rings. The number of carbonyl (C=O) groups is 1. The van der Waals surface area contributed by atoms with Gasteiger partial charge in [-0.2, -0.15) is 0 Å². The van der Waals surface area contributed by atoms with Crippen LogP contribution in [0.2, 0.25) is 0 Å². The Morgan fingerprint density at radius 3 is 2.12 bits per heavy atom. The van der Waals surface area contributed by atoms with E-state index in [0.29, 0.717) is 16.7 Å². The molecule has 2 N–H and O–H groups in total. The summed E-state index contributed by atoms with van der Waals surface area (Å²) >= 11 is 1.28. The molecule has 168 valence electrons. The van der Waals surface area contributed by atoms with Gasteiger partial charge in [-0.15, -0.1) is 10.2 Å². The molecule has 0 aliphatic rings. The van der Waals surface area contributed by atoms with E-state index in [9.17, 15) is 9.90 Å². The van der Waals surface area contributed by atoms with Crippen LogP contribution in [-0.4, -0.2) is 45.8 Å². The molecular weight excluding hydrogens is 440 g/mol. The minimum atomic E-state index is -0.166. The molecule has 0 bridgehead atoms. The van der Waals surface area contributed by atoms with Gasteiger partial charge in [-0.05, 0) is 72.8 Å². The number of nitrogens with one attached hydrogen (secondary N) is 1. The van der Waals surface area contributed by atoms with Crippen LogP contribution in [0.1, 0.15) is 0 Å². The van der Waals surface area contributed by atoms with Gasteiger partial charge in [0.1, 0.15) is 17.2 Å². The third-order valence-corrected chi connectivity index (χ3v) is 5.72. The summed E-state index contributed by atoms with van der Waals surface area (Å²) in [4.78, 5) is 12.5. The zero-order valence-corrected chi connectivity index (χ0v) is 18.9. The second-order valence-corrected chi connectivity index (χ2v) is 7.89. The number of benzene rings is 3. The highest BCUT2D eigenvalue weighted by Gasteiger charge is 2.17. The van der Waals surface area contributed by atoms with Gasteiger partial charge in [0.15, 0.2) is 11.0 Å². The maximum atomic E-state index is 12.5. The zero-order chi connectivity index (χ0) is 23.2. The topological polar surface area (TPSA) is 98.5 Å². The van der Waals surface area contributed by atoms with Crippen LogP contribution in [0.4, 0.5) is 5.69 Å². The predicted molar refractivity (Wildman–Crippen MR) is 127 cm³/mol. The summed E-state index contributed by atoms with van der Waals surface area (Å²) in [5, 5.41) is 21.7. The molecule has 9 heteroatoms. The Bertz CT molecular complexity index is 1220. The average molecular weight is 463 g/mol. The lowest BCUT2D eigenvalue weighted by molar-refractivity contribution is -0.113. The number of thioether (sulfide) groups is 1.